The van der Waals surface area contributed by atoms with Gasteiger partial charge in [-0.2, -0.15) is 0 Å². The number of ether oxygens (including phenoxy) is 1. The van der Waals surface area contributed by atoms with E-state index in [9.17, 15) is 4.79 Å². The number of hydrogen-bond acceptors (Lipinski definition) is 3. The molecule has 0 saturated carbocycles. The fourth-order valence-electron chi connectivity index (χ4n) is 1.95. The van der Waals surface area contributed by atoms with E-state index in [0.717, 1.165) is 24.2 Å². The molecule has 2 aromatic rings. The van der Waals surface area contributed by atoms with Gasteiger partial charge in [0.2, 0.25) is 0 Å². The standard InChI is InChI=1S/C19H20O3/c20-14-4-5-15-22-18-11-8-16(9-12-18)10-13-19(21)17-6-2-1-3-7-17/h1-3,6-13,20H,4-5,14-15H2. The van der Waals surface area contributed by atoms with Crippen LogP contribution in [0.5, 0.6) is 5.75 Å². The molecule has 3 heteroatoms. The number of carbonyl (C=O) groups excluding carboxylic acids is 1. The maximum Gasteiger partial charge on any atom is 0.185 e. The molecule has 0 heterocycles. The normalized spacial score (nSPS) is 10.8. The Bertz CT molecular complexity index is 600. The summed E-state index contributed by atoms with van der Waals surface area (Å²) in [5.74, 6) is 0.786. The van der Waals surface area contributed by atoms with Crippen molar-refractivity contribution < 1.29 is 14.6 Å². The second-order valence-electron chi connectivity index (χ2n) is 4.91. The van der Waals surface area contributed by atoms with Crippen LogP contribution in [0, 0.1) is 0 Å². The van der Waals surface area contributed by atoms with Gasteiger partial charge in [-0.3, -0.25) is 4.79 Å². The largest absolute Gasteiger partial charge is 0.494 e. The van der Waals surface area contributed by atoms with Crippen LogP contribution in [-0.2, 0) is 0 Å². The van der Waals surface area contributed by atoms with Gasteiger partial charge in [0.15, 0.2) is 5.78 Å². The van der Waals surface area contributed by atoms with Gasteiger partial charge in [0.1, 0.15) is 5.75 Å². The second kappa shape index (κ2) is 8.80. The van der Waals surface area contributed by atoms with Gasteiger partial charge in [-0.15, -0.1) is 0 Å². The Kier molecular flexibility index (Phi) is 6.39. The Morgan fingerprint density at radius 1 is 1.00 bits per heavy atom. The smallest absolute Gasteiger partial charge is 0.185 e. The Morgan fingerprint density at radius 2 is 1.73 bits per heavy atom. The van der Waals surface area contributed by atoms with Crippen LogP contribution in [0.15, 0.2) is 60.7 Å². The topological polar surface area (TPSA) is 46.5 Å². The average Bonchev–Trinajstić information content (AvgIpc) is 2.58. The number of allylic oxidation sites excluding steroid dienone is 1. The first-order chi connectivity index (χ1) is 10.8. The molecule has 0 aliphatic carbocycles. The first-order valence-corrected chi connectivity index (χ1v) is 7.41. The van der Waals surface area contributed by atoms with Gasteiger partial charge in [-0.1, -0.05) is 48.5 Å². The van der Waals surface area contributed by atoms with E-state index >= 15 is 0 Å². The molecule has 22 heavy (non-hydrogen) atoms. The van der Waals surface area contributed by atoms with Crippen molar-refractivity contribution in [2.45, 2.75) is 12.8 Å². The zero-order valence-corrected chi connectivity index (χ0v) is 12.4. The predicted molar refractivity (Wildman–Crippen MR) is 88.1 cm³/mol. The van der Waals surface area contributed by atoms with Crippen LogP contribution in [-0.4, -0.2) is 24.1 Å². The Morgan fingerprint density at radius 3 is 2.41 bits per heavy atom. The van der Waals surface area contributed by atoms with Gasteiger partial charge in [0.05, 0.1) is 6.61 Å². The van der Waals surface area contributed by atoms with Crippen LogP contribution in [0.1, 0.15) is 28.8 Å². The molecule has 0 saturated heterocycles. The lowest BCUT2D eigenvalue weighted by atomic mass is 10.1. The molecule has 0 bridgehead atoms. The summed E-state index contributed by atoms with van der Waals surface area (Å²) in [5.41, 5.74) is 1.63. The second-order valence-corrected chi connectivity index (χ2v) is 4.91. The first kappa shape index (κ1) is 16.0. The minimum absolute atomic E-state index is 0.00932. The van der Waals surface area contributed by atoms with Crippen LogP contribution < -0.4 is 4.74 Å². The Hall–Kier alpha value is -2.39. The van der Waals surface area contributed by atoms with E-state index in [4.69, 9.17) is 9.84 Å². The molecule has 0 fully saturated rings. The zero-order chi connectivity index (χ0) is 15.6. The van der Waals surface area contributed by atoms with Crippen molar-refractivity contribution in [3.05, 3.63) is 71.8 Å². The molecular formula is C19H20O3. The van der Waals surface area contributed by atoms with Crippen molar-refractivity contribution in [3.63, 3.8) is 0 Å². The monoisotopic (exact) mass is 296 g/mol. The highest BCUT2D eigenvalue weighted by molar-refractivity contribution is 6.06. The summed E-state index contributed by atoms with van der Waals surface area (Å²) in [6.07, 6.45) is 4.96. The number of hydrogen-bond donors (Lipinski definition) is 1. The van der Waals surface area contributed by atoms with Gasteiger partial charge >= 0.3 is 0 Å². The minimum atomic E-state index is -0.00932. The van der Waals surface area contributed by atoms with E-state index in [1.54, 1.807) is 24.3 Å². The third-order valence-electron chi connectivity index (χ3n) is 3.19. The van der Waals surface area contributed by atoms with Gasteiger partial charge in [-0.25, -0.2) is 0 Å². The summed E-state index contributed by atoms with van der Waals surface area (Å²) < 4.78 is 5.56. The number of unbranched alkanes of at least 4 members (excludes halogenated alkanes) is 1. The molecule has 0 aromatic heterocycles. The fourth-order valence-corrected chi connectivity index (χ4v) is 1.95. The van der Waals surface area contributed by atoms with Crippen LogP contribution in [0.25, 0.3) is 6.08 Å². The van der Waals surface area contributed by atoms with Gasteiger partial charge in [-0.05, 0) is 36.6 Å². The molecule has 114 valence electrons. The number of carbonyl (C=O) groups is 1. The van der Waals surface area contributed by atoms with Crippen LogP contribution in [0.2, 0.25) is 0 Å². The molecule has 0 amide bonds. The fraction of sp³-hybridized carbons (Fsp3) is 0.211. The van der Waals surface area contributed by atoms with E-state index in [1.165, 1.54) is 0 Å². The van der Waals surface area contributed by atoms with Crippen molar-refractivity contribution in [2.75, 3.05) is 13.2 Å². The third-order valence-corrected chi connectivity index (χ3v) is 3.19. The van der Waals surface area contributed by atoms with Crippen LogP contribution in [0.3, 0.4) is 0 Å². The lowest BCUT2D eigenvalue weighted by Gasteiger charge is -2.05. The zero-order valence-electron chi connectivity index (χ0n) is 12.4. The first-order valence-electron chi connectivity index (χ1n) is 7.41. The van der Waals surface area contributed by atoms with Crippen LogP contribution in [0.4, 0.5) is 0 Å². The number of aliphatic hydroxyl groups excluding tert-OH is 1. The quantitative estimate of drug-likeness (QED) is 0.458. The maximum atomic E-state index is 12.0. The summed E-state index contributed by atoms with van der Waals surface area (Å²) >= 11 is 0. The number of aliphatic hydroxyl groups is 1. The van der Waals surface area contributed by atoms with Gasteiger partial charge in [0, 0.05) is 12.2 Å². The Balaban J connectivity index is 1.88. The van der Waals surface area contributed by atoms with Crippen molar-refractivity contribution in [1.29, 1.82) is 0 Å². The summed E-state index contributed by atoms with van der Waals surface area (Å²) in [5, 5.41) is 8.70. The number of rotatable bonds is 8. The molecular weight excluding hydrogens is 276 g/mol. The summed E-state index contributed by atoms with van der Waals surface area (Å²) in [6, 6.07) is 16.8. The van der Waals surface area contributed by atoms with E-state index < -0.39 is 0 Å². The van der Waals surface area contributed by atoms with E-state index in [-0.39, 0.29) is 12.4 Å². The SMILES string of the molecule is O=C(C=Cc1ccc(OCCCCO)cc1)c1ccccc1. The summed E-state index contributed by atoms with van der Waals surface area (Å²) in [6.45, 7) is 0.796. The van der Waals surface area contributed by atoms with Crippen molar-refractivity contribution in [2.24, 2.45) is 0 Å². The molecule has 0 aliphatic heterocycles. The number of benzene rings is 2. The lowest BCUT2D eigenvalue weighted by molar-refractivity contribution is 0.104. The lowest BCUT2D eigenvalue weighted by Crippen LogP contribution is -1.98. The van der Waals surface area contributed by atoms with E-state index in [2.05, 4.69) is 0 Å². The summed E-state index contributed by atoms with van der Waals surface area (Å²) in [4.78, 5) is 12.0. The van der Waals surface area contributed by atoms with Crippen molar-refractivity contribution in [3.8, 4) is 5.75 Å². The molecule has 0 radical (unpaired) electrons. The minimum Gasteiger partial charge on any atom is -0.494 e. The van der Waals surface area contributed by atoms with Gasteiger partial charge in [0.25, 0.3) is 0 Å². The Labute approximate surface area is 130 Å². The third kappa shape index (κ3) is 5.19. The van der Waals surface area contributed by atoms with Gasteiger partial charge < -0.3 is 9.84 Å². The predicted octanol–water partition coefficient (Wildman–Crippen LogP) is 3.73. The molecule has 3 nitrogen and oxygen atoms in total. The van der Waals surface area contributed by atoms with Crippen molar-refractivity contribution in [1.82, 2.24) is 0 Å². The molecule has 0 aliphatic rings. The van der Waals surface area contributed by atoms with Crippen molar-refractivity contribution >= 4 is 11.9 Å². The molecule has 0 unspecified atom stereocenters. The molecule has 1 N–H and O–H groups in total. The maximum absolute atomic E-state index is 12.0. The molecule has 0 spiro atoms. The average molecular weight is 296 g/mol. The van der Waals surface area contributed by atoms with E-state index in [1.807, 2.05) is 42.5 Å². The highest BCUT2D eigenvalue weighted by Gasteiger charge is 1.99. The molecule has 0 atom stereocenters. The molecule has 2 rings (SSSR count). The molecule has 2 aromatic carbocycles. The number of ketones is 1. The van der Waals surface area contributed by atoms with Crippen LogP contribution >= 0.6 is 0 Å². The summed E-state index contributed by atoms with van der Waals surface area (Å²) in [7, 11) is 0. The van der Waals surface area contributed by atoms with E-state index in [0.29, 0.717) is 12.2 Å². The highest BCUT2D eigenvalue weighted by atomic mass is 16.5. The highest BCUT2D eigenvalue weighted by Crippen LogP contribution is 2.14.